The zero-order valence-electron chi connectivity index (χ0n) is 16.7. The monoisotopic (exact) mass is 413 g/mol. The second-order valence-corrected chi connectivity index (χ2v) is 8.63. The SMILES string of the molecule is CC(C)Cn1c(S[C@@H](C)C(=O)NCc2ccc(F)cc2)nc2ccccc2c1=O. The summed E-state index contributed by atoms with van der Waals surface area (Å²) in [5, 5.41) is 3.52. The summed E-state index contributed by atoms with van der Waals surface area (Å²) in [6.45, 7) is 6.70. The van der Waals surface area contributed by atoms with Crippen molar-refractivity contribution in [1.82, 2.24) is 14.9 Å². The predicted octanol–water partition coefficient (Wildman–Crippen LogP) is 3.99. The van der Waals surface area contributed by atoms with Crippen LogP contribution in [0.5, 0.6) is 0 Å². The third kappa shape index (κ3) is 5.23. The van der Waals surface area contributed by atoms with Crippen LogP contribution < -0.4 is 10.9 Å². The van der Waals surface area contributed by atoms with Crippen molar-refractivity contribution in [2.45, 2.75) is 44.3 Å². The Morgan fingerprint density at radius 3 is 2.52 bits per heavy atom. The average Bonchev–Trinajstić information content (AvgIpc) is 2.70. The molecule has 29 heavy (non-hydrogen) atoms. The van der Waals surface area contributed by atoms with Crippen molar-refractivity contribution in [2.24, 2.45) is 5.92 Å². The second-order valence-electron chi connectivity index (χ2n) is 7.33. The molecule has 0 aliphatic heterocycles. The molecule has 1 N–H and O–H groups in total. The number of para-hydroxylation sites is 1. The zero-order valence-corrected chi connectivity index (χ0v) is 17.5. The maximum atomic E-state index is 13.0. The van der Waals surface area contributed by atoms with Gasteiger partial charge in [-0.1, -0.05) is 49.9 Å². The van der Waals surface area contributed by atoms with Crippen LogP contribution in [-0.2, 0) is 17.9 Å². The number of benzene rings is 2. The summed E-state index contributed by atoms with van der Waals surface area (Å²) in [6.07, 6.45) is 0. The number of fused-ring (bicyclic) bond motifs is 1. The van der Waals surface area contributed by atoms with E-state index >= 15 is 0 Å². The van der Waals surface area contributed by atoms with E-state index in [1.54, 1.807) is 35.8 Å². The molecule has 1 atom stereocenters. The van der Waals surface area contributed by atoms with Gasteiger partial charge in [0, 0.05) is 13.1 Å². The fraction of sp³-hybridized carbons (Fsp3) is 0.318. The molecule has 0 saturated heterocycles. The molecule has 1 aromatic heterocycles. The molecule has 7 heteroatoms. The predicted molar refractivity (Wildman–Crippen MR) is 114 cm³/mol. The van der Waals surface area contributed by atoms with Gasteiger partial charge in [0.15, 0.2) is 5.16 Å². The van der Waals surface area contributed by atoms with E-state index in [1.807, 2.05) is 26.0 Å². The van der Waals surface area contributed by atoms with Crippen LogP contribution in [0, 0.1) is 11.7 Å². The smallest absolute Gasteiger partial charge is 0.262 e. The molecule has 0 radical (unpaired) electrons. The summed E-state index contributed by atoms with van der Waals surface area (Å²) in [5.74, 6) is -0.218. The first-order valence-corrected chi connectivity index (χ1v) is 10.4. The molecule has 5 nitrogen and oxygen atoms in total. The molecule has 0 aliphatic rings. The summed E-state index contributed by atoms with van der Waals surface area (Å²) in [5.41, 5.74) is 1.35. The highest BCUT2D eigenvalue weighted by molar-refractivity contribution is 8.00. The van der Waals surface area contributed by atoms with Gasteiger partial charge in [-0.05, 0) is 42.7 Å². The fourth-order valence-corrected chi connectivity index (χ4v) is 3.85. The Hall–Kier alpha value is -2.67. The zero-order chi connectivity index (χ0) is 21.0. The van der Waals surface area contributed by atoms with Gasteiger partial charge in [-0.3, -0.25) is 14.2 Å². The highest BCUT2D eigenvalue weighted by atomic mass is 32.2. The Labute approximate surface area is 173 Å². The van der Waals surface area contributed by atoms with Crippen LogP contribution in [0.2, 0.25) is 0 Å². The highest BCUT2D eigenvalue weighted by Gasteiger charge is 2.19. The minimum atomic E-state index is -0.443. The van der Waals surface area contributed by atoms with Crippen LogP contribution >= 0.6 is 11.8 Å². The largest absolute Gasteiger partial charge is 0.351 e. The van der Waals surface area contributed by atoms with Gasteiger partial charge in [0.2, 0.25) is 5.91 Å². The number of hydrogen-bond donors (Lipinski definition) is 1. The summed E-state index contributed by atoms with van der Waals surface area (Å²) in [6, 6.07) is 13.2. The molecule has 0 unspecified atom stereocenters. The summed E-state index contributed by atoms with van der Waals surface area (Å²) < 4.78 is 14.7. The molecule has 0 aliphatic carbocycles. The van der Waals surface area contributed by atoms with Crippen LogP contribution in [0.3, 0.4) is 0 Å². The van der Waals surface area contributed by atoms with Gasteiger partial charge < -0.3 is 5.32 Å². The molecule has 0 spiro atoms. The van der Waals surface area contributed by atoms with Crippen molar-refractivity contribution >= 4 is 28.6 Å². The minimum Gasteiger partial charge on any atom is -0.351 e. The van der Waals surface area contributed by atoms with E-state index in [9.17, 15) is 14.0 Å². The van der Waals surface area contributed by atoms with E-state index in [4.69, 9.17) is 0 Å². The number of nitrogens with zero attached hydrogens (tertiary/aromatic N) is 2. The number of aromatic nitrogens is 2. The van der Waals surface area contributed by atoms with Crippen molar-refractivity contribution in [1.29, 1.82) is 0 Å². The number of nitrogens with one attached hydrogen (secondary N) is 1. The Morgan fingerprint density at radius 1 is 1.14 bits per heavy atom. The van der Waals surface area contributed by atoms with Gasteiger partial charge in [-0.15, -0.1) is 0 Å². The van der Waals surface area contributed by atoms with Crippen molar-refractivity contribution in [3.8, 4) is 0 Å². The van der Waals surface area contributed by atoms with Crippen molar-refractivity contribution in [2.75, 3.05) is 0 Å². The van der Waals surface area contributed by atoms with Crippen LogP contribution in [-0.4, -0.2) is 20.7 Å². The lowest BCUT2D eigenvalue weighted by atomic mass is 10.2. The average molecular weight is 414 g/mol. The number of rotatable bonds is 7. The van der Waals surface area contributed by atoms with Gasteiger partial charge >= 0.3 is 0 Å². The minimum absolute atomic E-state index is 0.0919. The maximum Gasteiger partial charge on any atom is 0.262 e. The Kier molecular flexibility index (Phi) is 6.69. The standard InChI is InChI=1S/C22H24FN3O2S/c1-14(2)13-26-21(28)18-6-4-5-7-19(18)25-22(26)29-15(3)20(27)24-12-16-8-10-17(23)11-9-16/h4-11,14-15H,12-13H2,1-3H3,(H,24,27)/t15-/m0/s1. The Balaban J connectivity index is 1.79. The van der Waals surface area contributed by atoms with Crippen molar-refractivity contribution in [3.63, 3.8) is 0 Å². The third-order valence-corrected chi connectivity index (χ3v) is 5.50. The molecular weight excluding hydrogens is 389 g/mol. The second kappa shape index (κ2) is 9.22. The van der Waals surface area contributed by atoms with E-state index in [0.717, 1.165) is 5.56 Å². The van der Waals surface area contributed by atoms with E-state index in [-0.39, 0.29) is 23.2 Å². The first-order valence-electron chi connectivity index (χ1n) is 9.53. The molecule has 0 bridgehead atoms. The first-order chi connectivity index (χ1) is 13.8. The fourth-order valence-electron chi connectivity index (χ4n) is 2.91. The molecule has 0 saturated carbocycles. The molecular formula is C22H24FN3O2S. The Morgan fingerprint density at radius 2 is 1.83 bits per heavy atom. The molecule has 2 aromatic carbocycles. The van der Waals surface area contributed by atoms with Crippen LogP contribution in [0.25, 0.3) is 10.9 Å². The summed E-state index contributed by atoms with van der Waals surface area (Å²) in [4.78, 5) is 30.1. The molecule has 0 fully saturated rings. The van der Waals surface area contributed by atoms with E-state index in [0.29, 0.717) is 29.1 Å². The molecule has 1 heterocycles. The molecule has 1 amide bonds. The number of halogens is 1. The van der Waals surface area contributed by atoms with Crippen LogP contribution in [0.4, 0.5) is 4.39 Å². The lowest BCUT2D eigenvalue weighted by Gasteiger charge is -2.17. The number of hydrogen-bond acceptors (Lipinski definition) is 4. The van der Waals surface area contributed by atoms with E-state index in [2.05, 4.69) is 10.3 Å². The quantitative estimate of drug-likeness (QED) is 0.470. The van der Waals surface area contributed by atoms with Gasteiger partial charge in [0.25, 0.3) is 5.56 Å². The van der Waals surface area contributed by atoms with Gasteiger partial charge in [-0.2, -0.15) is 0 Å². The van der Waals surface area contributed by atoms with Crippen molar-refractivity contribution < 1.29 is 9.18 Å². The van der Waals surface area contributed by atoms with Gasteiger partial charge in [-0.25, -0.2) is 9.37 Å². The van der Waals surface area contributed by atoms with Crippen LogP contribution in [0.15, 0.2) is 58.5 Å². The van der Waals surface area contributed by atoms with Crippen molar-refractivity contribution in [3.05, 3.63) is 70.3 Å². The van der Waals surface area contributed by atoms with Gasteiger partial charge in [0.1, 0.15) is 5.82 Å². The summed E-state index contributed by atoms with van der Waals surface area (Å²) in [7, 11) is 0. The Bertz CT molecular complexity index is 1060. The maximum absolute atomic E-state index is 13.0. The van der Waals surface area contributed by atoms with E-state index in [1.165, 1.54) is 23.9 Å². The number of carbonyl (C=O) groups is 1. The van der Waals surface area contributed by atoms with Gasteiger partial charge in [0.05, 0.1) is 16.2 Å². The van der Waals surface area contributed by atoms with Crippen LogP contribution in [0.1, 0.15) is 26.3 Å². The number of thioether (sulfide) groups is 1. The lowest BCUT2D eigenvalue weighted by Crippen LogP contribution is -2.32. The highest BCUT2D eigenvalue weighted by Crippen LogP contribution is 2.23. The number of carbonyl (C=O) groups excluding carboxylic acids is 1. The first kappa shape index (κ1) is 21.0. The normalized spacial score (nSPS) is 12.3. The lowest BCUT2D eigenvalue weighted by molar-refractivity contribution is -0.120. The third-order valence-electron chi connectivity index (χ3n) is 4.41. The molecule has 3 aromatic rings. The molecule has 3 rings (SSSR count). The topological polar surface area (TPSA) is 64.0 Å². The molecule has 152 valence electrons. The van der Waals surface area contributed by atoms with E-state index < -0.39 is 5.25 Å². The summed E-state index contributed by atoms with van der Waals surface area (Å²) >= 11 is 1.27. The number of amides is 1.